The minimum atomic E-state index is -1.68. The van der Waals surface area contributed by atoms with Crippen molar-refractivity contribution in [1.82, 2.24) is 15.3 Å². The number of ether oxygens (including phenoxy) is 1. The third-order valence-electron chi connectivity index (χ3n) is 2.06. The van der Waals surface area contributed by atoms with E-state index >= 15 is 0 Å². The molecule has 102 valence electrons. The number of hydrogen-bond acceptors (Lipinski definition) is 5. The molecule has 18 heavy (non-hydrogen) atoms. The van der Waals surface area contributed by atoms with Gasteiger partial charge in [-0.05, 0) is 20.8 Å². The number of aliphatic hydroxyl groups is 2. The van der Waals surface area contributed by atoms with Crippen LogP contribution in [-0.2, 0) is 11.2 Å². The monoisotopic (exact) mass is 257 g/mol. The maximum Gasteiger partial charge on any atom is 0.408 e. The van der Waals surface area contributed by atoms with Crippen LogP contribution in [0, 0.1) is 0 Å². The van der Waals surface area contributed by atoms with E-state index in [2.05, 4.69) is 15.3 Å². The van der Waals surface area contributed by atoms with E-state index in [1.165, 1.54) is 6.33 Å². The standard InChI is InChI=1S/C11H19N3O4/c1-11(2,3)18-10(17)14-8(9(15)16)4-7-5-12-6-13-7/h5-6,8-9,15-16H,4H2,1-3H3,(H,12,13)(H,14,17)/t8-/m0/s1. The summed E-state index contributed by atoms with van der Waals surface area (Å²) in [6, 6.07) is -0.861. The lowest BCUT2D eigenvalue weighted by atomic mass is 10.1. The van der Waals surface area contributed by atoms with Crippen molar-refractivity contribution in [2.45, 2.75) is 45.1 Å². The number of hydrogen-bond donors (Lipinski definition) is 4. The third kappa shape index (κ3) is 5.15. The zero-order valence-electron chi connectivity index (χ0n) is 10.7. The summed E-state index contributed by atoms with van der Waals surface area (Å²) in [5.41, 5.74) is 0.0485. The topological polar surface area (TPSA) is 107 Å². The predicted molar refractivity (Wildman–Crippen MR) is 63.7 cm³/mol. The maximum absolute atomic E-state index is 11.5. The lowest BCUT2D eigenvalue weighted by Gasteiger charge is -2.24. The number of imidazole rings is 1. The molecule has 0 unspecified atom stereocenters. The summed E-state index contributed by atoms with van der Waals surface area (Å²) < 4.78 is 5.04. The van der Waals surface area contributed by atoms with Crippen molar-refractivity contribution >= 4 is 6.09 Å². The van der Waals surface area contributed by atoms with Gasteiger partial charge in [0.15, 0.2) is 6.29 Å². The smallest absolute Gasteiger partial charge is 0.408 e. The Kier molecular flexibility index (Phi) is 4.69. The van der Waals surface area contributed by atoms with Crippen LogP contribution in [-0.4, -0.2) is 44.2 Å². The molecule has 1 aromatic rings. The second-order valence-electron chi connectivity index (χ2n) is 4.95. The Morgan fingerprint density at radius 3 is 2.67 bits per heavy atom. The first-order chi connectivity index (χ1) is 8.28. The lowest BCUT2D eigenvalue weighted by molar-refractivity contribution is -0.0681. The highest BCUT2D eigenvalue weighted by atomic mass is 16.6. The SMILES string of the molecule is CC(C)(C)OC(=O)N[C@@H](Cc1cnc[nH]1)C(O)O. The van der Waals surface area contributed by atoms with Crippen molar-refractivity contribution in [3.05, 3.63) is 18.2 Å². The normalized spacial score (nSPS) is 13.4. The number of aliphatic hydroxyl groups excluding tert-OH is 1. The first kappa shape index (κ1) is 14.5. The summed E-state index contributed by atoms with van der Waals surface area (Å²) in [5.74, 6) is 0. The van der Waals surface area contributed by atoms with Crippen molar-refractivity contribution in [2.24, 2.45) is 0 Å². The zero-order valence-corrected chi connectivity index (χ0v) is 10.7. The van der Waals surface area contributed by atoms with Gasteiger partial charge in [0.25, 0.3) is 0 Å². The molecule has 0 bridgehead atoms. The summed E-state index contributed by atoms with van der Waals surface area (Å²) in [6.07, 6.45) is 0.869. The van der Waals surface area contributed by atoms with Crippen LogP contribution in [0.2, 0.25) is 0 Å². The number of amides is 1. The molecule has 4 N–H and O–H groups in total. The lowest BCUT2D eigenvalue weighted by Crippen LogP contribution is -2.46. The van der Waals surface area contributed by atoms with E-state index in [1.54, 1.807) is 27.0 Å². The van der Waals surface area contributed by atoms with Crippen LogP contribution in [0.1, 0.15) is 26.5 Å². The number of nitrogens with zero attached hydrogens (tertiary/aromatic N) is 1. The molecule has 0 aliphatic carbocycles. The highest BCUT2D eigenvalue weighted by Crippen LogP contribution is 2.08. The van der Waals surface area contributed by atoms with E-state index in [0.717, 1.165) is 0 Å². The van der Waals surface area contributed by atoms with Crippen molar-refractivity contribution in [3.63, 3.8) is 0 Å². The average Bonchev–Trinajstić information content (AvgIpc) is 2.66. The molecule has 1 aromatic heterocycles. The molecular formula is C11H19N3O4. The molecule has 0 aliphatic heterocycles. The molecular weight excluding hydrogens is 238 g/mol. The molecule has 7 nitrogen and oxygen atoms in total. The molecule has 0 aromatic carbocycles. The Bertz CT molecular complexity index is 370. The first-order valence-electron chi connectivity index (χ1n) is 5.61. The zero-order chi connectivity index (χ0) is 13.8. The Hall–Kier alpha value is -1.60. The molecule has 1 heterocycles. The van der Waals surface area contributed by atoms with Gasteiger partial charge in [-0.25, -0.2) is 9.78 Å². The molecule has 0 saturated heterocycles. The average molecular weight is 257 g/mol. The molecule has 1 amide bonds. The molecule has 0 aliphatic rings. The fourth-order valence-electron chi connectivity index (χ4n) is 1.32. The number of H-pyrrole nitrogens is 1. The summed E-state index contributed by atoms with van der Waals surface area (Å²) >= 11 is 0. The van der Waals surface area contributed by atoms with Crippen LogP contribution in [0.3, 0.4) is 0 Å². The summed E-state index contributed by atoms with van der Waals surface area (Å²) in [7, 11) is 0. The molecule has 0 radical (unpaired) electrons. The Balaban J connectivity index is 2.55. The number of aromatic amines is 1. The van der Waals surface area contributed by atoms with Gasteiger partial charge in [0, 0.05) is 18.3 Å². The number of carbonyl (C=O) groups excluding carboxylic acids is 1. The minimum Gasteiger partial charge on any atom is -0.444 e. The maximum atomic E-state index is 11.5. The van der Waals surface area contributed by atoms with E-state index in [0.29, 0.717) is 5.69 Å². The Morgan fingerprint density at radius 1 is 1.56 bits per heavy atom. The highest BCUT2D eigenvalue weighted by Gasteiger charge is 2.23. The van der Waals surface area contributed by atoms with E-state index in [9.17, 15) is 15.0 Å². The first-order valence-corrected chi connectivity index (χ1v) is 5.61. The van der Waals surface area contributed by atoms with Crippen molar-refractivity contribution in [2.75, 3.05) is 0 Å². The summed E-state index contributed by atoms with van der Waals surface area (Å²) in [4.78, 5) is 18.1. The van der Waals surface area contributed by atoms with Crippen molar-refractivity contribution < 1.29 is 19.7 Å². The van der Waals surface area contributed by atoms with E-state index < -0.39 is 24.0 Å². The second kappa shape index (κ2) is 5.83. The quantitative estimate of drug-likeness (QED) is 0.575. The molecule has 1 rings (SSSR count). The van der Waals surface area contributed by atoms with Gasteiger partial charge >= 0.3 is 6.09 Å². The minimum absolute atomic E-state index is 0.219. The highest BCUT2D eigenvalue weighted by molar-refractivity contribution is 5.68. The number of nitrogens with one attached hydrogen (secondary N) is 2. The van der Waals surface area contributed by atoms with Crippen LogP contribution in [0.15, 0.2) is 12.5 Å². The Labute approximate surface area is 105 Å². The van der Waals surface area contributed by atoms with Gasteiger partial charge < -0.3 is 25.3 Å². The fourth-order valence-corrected chi connectivity index (χ4v) is 1.32. The van der Waals surface area contributed by atoms with Gasteiger partial charge in [-0.3, -0.25) is 0 Å². The van der Waals surface area contributed by atoms with Crippen LogP contribution in [0.5, 0.6) is 0 Å². The van der Waals surface area contributed by atoms with E-state index in [4.69, 9.17) is 4.74 Å². The van der Waals surface area contributed by atoms with Gasteiger partial charge in [-0.1, -0.05) is 0 Å². The van der Waals surface area contributed by atoms with Crippen LogP contribution < -0.4 is 5.32 Å². The Morgan fingerprint density at radius 2 is 2.22 bits per heavy atom. The van der Waals surface area contributed by atoms with Crippen molar-refractivity contribution in [3.8, 4) is 0 Å². The third-order valence-corrected chi connectivity index (χ3v) is 2.06. The van der Waals surface area contributed by atoms with Gasteiger partial charge in [-0.15, -0.1) is 0 Å². The molecule has 0 spiro atoms. The van der Waals surface area contributed by atoms with Gasteiger partial charge in [0.1, 0.15) is 5.60 Å². The van der Waals surface area contributed by atoms with Crippen LogP contribution in [0.4, 0.5) is 4.79 Å². The number of aromatic nitrogens is 2. The van der Waals surface area contributed by atoms with Crippen LogP contribution in [0.25, 0.3) is 0 Å². The second-order valence-corrected chi connectivity index (χ2v) is 4.95. The molecule has 7 heteroatoms. The van der Waals surface area contributed by atoms with Gasteiger partial charge in [-0.2, -0.15) is 0 Å². The largest absolute Gasteiger partial charge is 0.444 e. The number of alkyl carbamates (subject to hydrolysis) is 1. The summed E-state index contributed by atoms with van der Waals surface area (Å²) in [5, 5.41) is 20.8. The van der Waals surface area contributed by atoms with Crippen molar-refractivity contribution in [1.29, 1.82) is 0 Å². The number of rotatable bonds is 4. The fraction of sp³-hybridized carbons (Fsp3) is 0.636. The van der Waals surface area contributed by atoms with E-state index in [-0.39, 0.29) is 6.42 Å². The number of carbonyl (C=O) groups is 1. The predicted octanol–water partition coefficient (Wildman–Crippen LogP) is 0.156. The summed E-state index contributed by atoms with van der Waals surface area (Å²) in [6.45, 7) is 5.18. The molecule has 1 atom stereocenters. The van der Waals surface area contributed by atoms with Gasteiger partial charge in [0.05, 0.1) is 12.4 Å². The molecule has 0 fully saturated rings. The molecule has 0 saturated carbocycles. The van der Waals surface area contributed by atoms with Crippen LogP contribution >= 0.6 is 0 Å². The van der Waals surface area contributed by atoms with E-state index in [1.807, 2.05) is 0 Å². The van der Waals surface area contributed by atoms with Gasteiger partial charge in [0.2, 0.25) is 0 Å².